The van der Waals surface area contributed by atoms with Gasteiger partial charge in [-0.3, -0.25) is 4.79 Å². The van der Waals surface area contributed by atoms with Crippen LogP contribution in [0.25, 0.3) is 0 Å². The van der Waals surface area contributed by atoms with Crippen molar-refractivity contribution in [1.82, 2.24) is 5.32 Å². The molecule has 0 bridgehead atoms. The molecular formula is C11H12BrClFNO4S. The molecule has 112 valence electrons. The normalized spacial score (nSPS) is 13.1. The second-order valence-electron chi connectivity index (χ2n) is 3.96. The second kappa shape index (κ2) is 6.84. The summed E-state index contributed by atoms with van der Waals surface area (Å²) in [7, 11) is 2.59. The first kappa shape index (κ1) is 17.4. The standard InChI is InChI=1S/C11H12BrClFNO4S/c1-6(19-2)5-15-11(16)7-3-10(20(13,17)18)8(12)4-9(7)14/h3-4,6H,5H2,1-2H3,(H,15,16). The topological polar surface area (TPSA) is 72.5 Å². The maximum absolute atomic E-state index is 13.7. The monoisotopic (exact) mass is 387 g/mol. The number of ether oxygens (including phenoxy) is 1. The predicted molar refractivity (Wildman–Crippen MR) is 75.9 cm³/mol. The van der Waals surface area contributed by atoms with E-state index >= 15 is 0 Å². The molecule has 0 aliphatic rings. The molecule has 1 unspecified atom stereocenters. The minimum Gasteiger partial charge on any atom is -0.380 e. The van der Waals surface area contributed by atoms with Crippen molar-refractivity contribution in [3.05, 3.63) is 28.0 Å². The molecule has 1 atom stereocenters. The maximum Gasteiger partial charge on any atom is 0.262 e. The van der Waals surface area contributed by atoms with Gasteiger partial charge in [0.25, 0.3) is 15.0 Å². The fraction of sp³-hybridized carbons (Fsp3) is 0.364. The predicted octanol–water partition coefficient (Wildman–Crippen LogP) is 2.28. The van der Waals surface area contributed by atoms with Gasteiger partial charge in [-0.1, -0.05) is 0 Å². The summed E-state index contributed by atoms with van der Waals surface area (Å²) in [5.41, 5.74) is -0.407. The fourth-order valence-electron chi connectivity index (χ4n) is 1.30. The van der Waals surface area contributed by atoms with E-state index in [-0.39, 0.29) is 22.0 Å². The van der Waals surface area contributed by atoms with Gasteiger partial charge < -0.3 is 10.1 Å². The number of methoxy groups -OCH3 is 1. The van der Waals surface area contributed by atoms with Crippen LogP contribution in [0.3, 0.4) is 0 Å². The Kier molecular flexibility index (Phi) is 5.93. The van der Waals surface area contributed by atoms with Crippen LogP contribution < -0.4 is 5.32 Å². The van der Waals surface area contributed by atoms with Crippen molar-refractivity contribution in [3.8, 4) is 0 Å². The summed E-state index contributed by atoms with van der Waals surface area (Å²) < 4.78 is 41.2. The molecule has 0 aliphatic carbocycles. The van der Waals surface area contributed by atoms with Crippen LogP contribution in [0, 0.1) is 5.82 Å². The van der Waals surface area contributed by atoms with Gasteiger partial charge in [-0.05, 0) is 35.0 Å². The Hall–Kier alpha value is -0.700. The molecule has 0 spiro atoms. The van der Waals surface area contributed by atoms with Gasteiger partial charge in [-0.25, -0.2) is 12.8 Å². The summed E-state index contributed by atoms with van der Waals surface area (Å²) in [5, 5.41) is 2.43. The number of hydrogen-bond acceptors (Lipinski definition) is 4. The lowest BCUT2D eigenvalue weighted by molar-refractivity contribution is 0.0866. The van der Waals surface area contributed by atoms with E-state index in [4.69, 9.17) is 15.4 Å². The van der Waals surface area contributed by atoms with Gasteiger partial charge in [0, 0.05) is 28.8 Å². The highest BCUT2D eigenvalue weighted by Crippen LogP contribution is 2.28. The third kappa shape index (κ3) is 4.41. The van der Waals surface area contributed by atoms with E-state index in [9.17, 15) is 17.6 Å². The Morgan fingerprint density at radius 3 is 2.65 bits per heavy atom. The summed E-state index contributed by atoms with van der Waals surface area (Å²) in [4.78, 5) is 11.4. The van der Waals surface area contributed by atoms with Gasteiger partial charge >= 0.3 is 0 Å². The summed E-state index contributed by atoms with van der Waals surface area (Å²) in [5.74, 6) is -1.61. The van der Waals surface area contributed by atoms with Crippen molar-refractivity contribution in [2.24, 2.45) is 0 Å². The molecule has 0 saturated carbocycles. The molecule has 0 radical (unpaired) electrons. The molecule has 1 rings (SSSR count). The molecule has 1 amide bonds. The first-order valence-electron chi connectivity index (χ1n) is 5.41. The minimum absolute atomic E-state index is 0.0493. The van der Waals surface area contributed by atoms with E-state index in [1.54, 1.807) is 6.92 Å². The van der Waals surface area contributed by atoms with E-state index in [1.165, 1.54) is 7.11 Å². The Morgan fingerprint density at radius 1 is 1.55 bits per heavy atom. The summed E-state index contributed by atoms with van der Waals surface area (Å²) in [6, 6.07) is 1.76. The highest BCUT2D eigenvalue weighted by Gasteiger charge is 2.21. The Bertz CT molecular complexity index is 623. The zero-order valence-corrected chi connectivity index (χ0v) is 13.8. The van der Waals surface area contributed by atoms with Crippen molar-refractivity contribution >= 4 is 41.6 Å². The minimum atomic E-state index is -4.09. The van der Waals surface area contributed by atoms with Gasteiger partial charge in [-0.2, -0.15) is 0 Å². The molecule has 0 aliphatic heterocycles. The maximum atomic E-state index is 13.7. The van der Waals surface area contributed by atoms with Crippen molar-refractivity contribution in [3.63, 3.8) is 0 Å². The number of carbonyl (C=O) groups excluding carboxylic acids is 1. The third-order valence-electron chi connectivity index (χ3n) is 2.48. The summed E-state index contributed by atoms with van der Waals surface area (Å²) in [6.07, 6.45) is -0.256. The number of hydrogen-bond donors (Lipinski definition) is 1. The number of rotatable bonds is 5. The highest BCUT2D eigenvalue weighted by molar-refractivity contribution is 9.10. The van der Waals surface area contributed by atoms with E-state index in [0.717, 1.165) is 12.1 Å². The SMILES string of the molecule is COC(C)CNC(=O)c1cc(S(=O)(=O)Cl)c(Br)cc1F. The molecule has 1 aromatic carbocycles. The molecule has 0 aromatic heterocycles. The smallest absolute Gasteiger partial charge is 0.262 e. The van der Waals surface area contributed by atoms with Gasteiger partial charge in [-0.15, -0.1) is 0 Å². The number of carbonyl (C=O) groups is 1. The number of benzene rings is 1. The van der Waals surface area contributed by atoms with Crippen LogP contribution in [0.2, 0.25) is 0 Å². The number of nitrogens with one attached hydrogen (secondary N) is 1. The van der Waals surface area contributed by atoms with Crippen LogP contribution in [0.1, 0.15) is 17.3 Å². The second-order valence-corrected chi connectivity index (χ2v) is 7.35. The molecule has 0 heterocycles. The van der Waals surface area contributed by atoms with Gasteiger partial charge in [0.05, 0.1) is 16.6 Å². The molecule has 5 nitrogen and oxygen atoms in total. The fourth-order valence-corrected chi connectivity index (χ4v) is 3.47. The van der Waals surface area contributed by atoms with Crippen LogP contribution in [0.15, 0.2) is 21.5 Å². The van der Waals surface area contributed by atoms with Gasteiger partial charge in [0.15, 0.2) is 0 Å². The van der Waals surface area contributed by atoms with Crippen LogP contribution in [-0.4, -0.2) is 34.1 Å². The Balaban J connectivity index is 3.10. The molecule has 1 N–H and O–H groups in total. The van der Waals surface area contributed by atoms with Crippen molar-refractivity contribution in [1.29, 1.82) is 0 Å². The van der Waals surface area contributed by atoms with E-state index in [1.807, 2.05) is 0 Å². The number of halogens is 3. The van der Waals surface area contributed by atoms with E-state index < -0.39 is 26.3 Å². The summed E-state index contributed by atoms with van der Waals surface area (Å²) >= 11 is 2.88. The zero-order chi connectivity index (χ0) is 15.5. The average molecular weight is 389 g/mol. The van der Waals surface area contributed by atoms with Crippen LogP contribution >= 0.6 is 26.6 Å². The van der Waals surface area contributed by atoms with Gasteiger partial charge in [0.2, 0.25) is 0 Å². The van der Waals surface area contributed by atoms with Gasteiger partial charge in [0.1, 0.15) is 5.82 Å². The largest absolute Gasteiger partial charge is 0.380 e. The van der Waals surface area contributed by atoms with Crippen molar-refractivity contribution < 1.29 is 22.3 Å². The lowest BCUT2D eigenvalue weighted by Gasteiger charge is -2.12. The first-order chi connectivity index (χ1) is 9.16. The lowest BCUT2D eigenvalue weighted by atomic mass is 10.2. The molecule has 0 fully saturated rings. The molecule has 0 saturated heterocycles. The van der Waals surface area contributed by atoms with E-state index in [0.29, 0.717) is 0 Å². The lowest BCUT2D eigenvalue weighted by Crippen LogP contribution is -2.32. The van der Waals surface area contributed by atoms with Crippen molar-refractivity contribution in [2.75, 3.05) is 13.7 Å². The highest BCUT2D eigenvalue weighted by atomic mass is 79.9. The quantitative estimate of drug-likeness (QED) is 0.786. The Labute approximate surface area is 129 Å². The van der Waals surface area contributed by atoms with Crippen LogP contribution in [-0.2, 0) is 13.8 Å². The summed E-state index contributed by atoms with van der Waals surface area (Å²) in [6.45, 7) is 1.88. The molecular weight excluding hydrogens is 377 g/mol. The van der Waals surface area contributed by atoms with E-state index in [2.05, 4.69) is 21.2 Å². The van der Waals surface area contributed by atoms with Crippen LogP contribution in [0.5, 0.6) is 0 Å². The molecule has 9 heteroatoms. The van der Waals surface area contributed by atoms with Crippen molar-refractivity contribution in [2.45, 2.75) is 17.9 Å². The van der Waals surface area contributed by atoms with Crippen LogP contribution in [0.4, 0.5) is 4.39 Å². The molecule has 20 heavy (non-hydrogen) atoms. The number of amides is 1. The average Bonchev–Trinajstić information content (AvgIpc) is 2.33. The molecule has 1 aromatic rings. The zero-order valence-electron chi connectivity index (χ0n) is 10.6. The third-order valence-corrected chi connectivity index (χ3v) is 4.76. The first-order valence-corrected chi connectivity index (χ1v) is 8.51. The Morgan fingerprint density at radius 2 is 2.15 bits per heavy atom.